The Bertz CT molecular complexity index is 624. The van der Waals surface area contributed by atoms with Crippen LogP contribution in [-0.4, -0.2) is 15.3 Å². The number of para-hydroxylation sites is 1. The first-order valence-electron chi connectivity index (χ1n) is 7.41. The molecule has 1 heterocycles. The van der Waals surface area contributed by atoms with Crippen molar-refractivity contribution in [2.75, 3.05) is 0 Å². The quantitative estimate of drug-likeness (QED) is 0.624. The summed E-state index contributed by atoms with van der Waals surface area (Å²) in [6, 6.07) is 9.16. The highest BCUT2D eigenvalue weighted by atomic mass is 31.1. The summed E-state index contributed by atoms with van der Waals surface area (Å²) in [4.78, 5) is 4.58. The summed E-state index contributed by atoms with van der Waals surface area (Å²) < 4.78 is 13.9. The van der Waals surface area contributed by atoms with Gasteiger partial charge in [0.1, 0.15) is 11.3 Å². The maximum absolute atomic E-state index is 13.9. The first kappa shape index (κ1) is 16.4. The smallest absolute Gasteiger partial charge is 0.149 e. The van der Waals surface area contributed by atoms with Gasteiger partial charge in [0.15, 0.2) is 0 Å². The Morgan fingerprint density at radius 3 is 2.14 bits per heavy atom. The monoisotopic (exact) mass is 305 g/mol. The maximum atomic E-state index is 13.9. The molecule has 1 nitrogen and oxygen atoms in total. The predicted octanol–water partition coefficient (Wildman–Crippen LogP) is 5.95. The van der Waals surface area contributed by atoms with E-state index in [4.69, 9.17) is 0 Å². The van der Waals surface area contributed by atoms with E-state index in [0.717, 1.165) is 17.2 Å². The van der Waals surface area contributed by atoms with Crippen molar-refractivity contribution >= 4 is 18.8 Å². The summed E-state index contributed by atoms with van der Waals surface area (Å²) in [5.74, 6) is -0.231. The molecule has 0 fully saturated rings. The van der Waals surface area contributed by atoms with Gasteiger partial charge >= 0.3 is 0 Å². The molecule has 0 aliphatic rings. The molecule has 0 aliphatic heterocycles. The van der Waals surface area contributed by atoms with Crippen LogP contribution in [0, 0.1) is 5.82 Å². The van der Waals surface area contributed by atoms with Crippen LogP contribution in [-0.2, 0) is 6.16 Å². The van der Waals surface area contributed by atoms with Gasteiger partial charge in [0.2, 0.25) is 0 Å². The largest absolute Gasteiger partial charge is 0.249 e. The van der Waals surface area contributed by atoms with E-state index in [-0.39, 0.29) is 24.1 Å². The Balaban J connectivity index is 2.40. The minimum atomic E-state index is -0.269. The molecule has 0 atom stereocenters. The van der Waals surface area contributed by atoms with Gasteiger partial charge < -0.3 is 0 Å². The third-order valence-electron chi connectivity index (χ3n) is 3.67. The molecule has 0 spiro atoms. The number of aromatic nitrogens is 1. The molecule has 0 aliphatic carbocycles. The van der Waals surface area contributed by atoms with Gasteiger partial charge in [-0.1, -0.05) is 67.7 Å². The maximum Gasteiger partial charge on any atom is 0.149 e. The second-order valence-corrected chi connectivity index (χ2v) is 11.4. The molecule has 3 heteroatoms. The van der Waals surface area contributed by atoms with Crippen LogP contribution in [0.2, 0.25) is 0 Å². The molecule has 2 rings (SSSR count). The van der Waals surface area contributed by atoms with Gasteiger partial charge in [-0.3, -0.25) is 0 Å². The summed E-state index contributed by atoms with van der Waals surface area (Å²) in [5, 5.41) is 1.37. The summed E-state index contributed by atoms with van der Waals surface area (Å²) in [6.07, 6.45) is 0.937. The number of rotatable bonds is 2. The molecule has 0 amide bonds. The molecule has 1 aromatic carbocycles. The molecule has 0 saturated heterocycles. The second kappa shape index (κ2) is 5.65. The van der Waals surface area contributed by atoms with E-state index in [0.29, 0.717) is 5.52 Å². The first-order valence-corrected chi connectivity index (χ1v) is 8.93. The van der Waals surface area contributed by atoms with Crippen LogP contribution in [0.4, 0.5) is 4.39 Å². The van der Waals surface area contributed by atoms with Crippen LogP contribution in [0.3, 0.4) is 0 Å². The Morgan fingerprint density at radius 2 is 1.57 bits per heavy atom. The predicted molar refractivity (Wildman–Crippen MR) is 91.8 cm³/mol. The molecule has 114 valence electrons. The lowest BCUT2D eigenvalue weighted by atomic mass is 10.2. The highest BCUT2D eigenvalue weighted by Gasteiger charge is 2.34. The molecule has 0 saturated carbocycles. The molecule has 21 heavy (non-hydrogen) atoms. The Hall–Kier alpha value is -1.01. The molecule has 1 aromatic heterocycles. The highest BCUT2D eigenvalue weighted by molar-refractivity contribution is 7.60. The number of fused-ring (bicyclic) bond motifs is 1. The lowest BCUT2D eigenvalue weighted by molar-refractivity contribution is 0.636. The van der Waals surface area contributed by atoms with Gasteiger partial charge in [-0.25, -0.2) is 9.37 Å². The number of pyridine rings is 1. The summed E-state index contributed by atoms with van der Waals surface area (Å²) in [5.41, 5.74) is 1.50. The van der Waals surface area contributed by atoms with Crippen LogP contribution >= 0.6 is 7.92 Å². The van der Waals surface area contributed by atoms with Crippen molar-refractivity contribution in [2.45, 2.75) is 58.0 Å². The van der Waals surface area contributed by atoms with E-state index >= 15 is 0 Å². The van der Waals surface area contributed by atoms with E-state index in [1.165, 1.54) is 6.07 Å². The van der Waals surface area contributed by atoms with E-state index in [2.05, 4.69) is 52.6 Å². The Labute approximate surface area is 128 Å². The van der Waals surface area contributed by atoms with Crippen molar-refractivity contribution in [3.63, 3.8) is 0 Å². The lowest BCUT2D eigenvalue weighted by Gasteiger charge is -2.41. The number of hydrogen-bond donors (Lipinski definition) is 0. The Kier molecular flexibility index (Phi) is 4.40. The number of hydrogen-bond acceptors (Lipinski definition) is 1. The fourth-order valence-corrected chi connectivity index (χ4v) is 6.34. The summed E-state index contributed by atoms with van der Waals surface area (Å²) in [7, 11) is -0.269. The van der Waals surface area contributed by atoms with E-state index in [9.17, 15) is 4.39 Å². The normalized spacial score (nSPS) is 13.1. The van der Waals surface area contributed by atoms with Gasteiger partial charge in [0.05, 0.1) is 0 Å². The fourth-order valence-electron chi connectivity index (χ4n) is 2.88. The fraction of sp³-hybridized carbons (Fsp3) is 0.500. The second-order valence-electron chi connectivity index (χ2n) is 7.54. The molecule has 0 N–H and O–H groups in total. The van der Waals surface area contributed by atoms with E-state index in [1.54, 1.807) is 6.07 Å². The van der Waals surface area contributed by atoms with Crippen LogP contribution in [0.25, 0.3) is 10.9 Å². The van der Waals surface area contributed by atoms with Crippen LogP contribution in [0.15, 0.2) is 30.3 Å². The minimum absolute atomic E-state index is 0.231. The zero-order valence-corrected chi connectivity index (χ0v) is 14.8. The third-order valence-corrected chi connectivity index (χ3v) is 7.55. The van der Waals surface area contributed by atoms with Crippen LogP contribution in [0.5, 0.6) is 0 Å². The Morgan fingerprint density at radius 1 is 0.952 bits per heavy atom. The van der Waals surface area contributed by atoms with Gasteiger partial charge in [0, 0.05) is 17.2 Å². The summed E-state index contributed by atoms with van der Waals surface area (Å²) >= 11 is 0. The standard InChI is InChI=1S/C18H25FNP/c1-17(2,3)21(18(4,5)6)12-14-11-10-13-8-7-9-15(19)16(13)20-14/h7-11H,12H2,1-6H3. The van der Waals surface area contributed by atoms with E-state index in [1.807, 2.05) is 12.1 Å². The van der Waals surface area contributed by atoms with Crippen molar-refractivity contribution in [2.24, 2.45) is 0 Å². The number of nitrogens with zero attached hydrogens (tertiary/aromatic N) is 1. The molecule has 2 aromatic rings. The molecular formula is C18H25FNP. The lowest BCUT2D eigenvalue weighted by Crippen LogP contribution is -2.26. The average molecular weight is 305 g/mol. The number of halogens is 1. The average Bonchev–Trinajstić information content (AvgIpc) is 2.34. The van der Waals surface area contributed by atoms with E-state index < -0.39 is 0 Å². The van der Waals surface area contributed by atoms with Crippen molar-refractivity contribution in [1.82, 2.24) is 4.98 Å². The van der Waals surface area contributed by atoms with Gasteiger partial charge in [-0.05, 0) is 22.4 Å². The zero-order valence-electron chi connectivity index (χ0n) is 13.9. The van der Waals surface area contributed by atoms with Crippen molar-refractivity contribution < 1.29 is 4.39 Å². The van der Waals surface area contributed by atoms with Crippen molar-refractivity contribution in [3.05, 3.63) is 41.8 Å². The third kappa shape index (κ3) is 3.80. The minimum Gasteiger partial charge on any atom is -0.249 e. The van der Waals surface area contributed by atoms with Gasteiger partial charge in [-0.2, -0.15) is 0 Å². The zero-order chi connectivity index (χ0) is 15.8. The van der Waals surface area contributed by atoms with Crippen molar-refractivity contribution in [3.8, 4) is 0 Å². The molecule has 0 radical (unpaired) electrons. The van der Waals surface area contributed by atoms with Gasteiger partial charge in [0.25, 0.3) is 0 Å². The van der Waals surface area contributed by atoms with Gasteiger partial charge in [-0.15, -0.1) is 0 Å². The molecular weight excluding hydrogens is 280 g/mol. The summed E-state index contributed by atoms with van der Waals surface area (Å²) in [6.45, 7) is 13.8. The molecule has 0 unspecified atom stereocenters. The number of benzene rings is 1. The highest BCUT2D eigenvalue weighted by Crippen LogP contribution is 2.61. The molecule has 0 bridgehead atoms. The topological polar surface area (TPSA) is 12.9 Å². The van der Waals surface area contributed by atoms with Crippen molar-refractivity contribution in [1.29, 1.82) is 0 Å². The SMILES string of the molecule is CC(C)(C)P(Cc1ccc2cccc(F)c2n1)C(C)(C)C. The van der Waals surface area contributed by atoms with Crippen LogP contribution < -0.4 is 0 Å². The van der Waals surface area contributed by atoms with Crippen LogP contribution in [0.1, 0.15) is 47.2 Å². The first-order chi connectivity index (χ1) is 9.59.